The Morgan fingerprint density at radius 1 is 1.16 bits per heavy atom. The van der Waals surface area contributed by atoms with Crippen LogP contribution >= 0.6 is 11.8 Å². The average Bonchev–Trinajstić information content (AvgIpc) is 3.42. The fraction of sp³-hybridized carbons (Fsp3) is 0.292. The molecule has 2 heterocycles. The van der Waals surface area contributed by atoms with E-state index in [1.165, 1.54) is 23.9 Å². The van der Waals surface area contributed by atoms with Crippen molar-refractivity contribution in [2.45, 2.75) is 26.2 Å². The molecule has 2 aliphatic rings. The molecule has 7 heteroatoms. The predicted octanol–water partition coefficient (Wildman–Crippen LogP) is 4.49. The molecule has 0 bridgehead atoms. The molecular weight excluding hydrogens is 413 g/mol. The first-order chi connectivity index (χ1) is 15.0. The fourth-order valence-corrected chi connectivity index (χ4v) is 4.55. The number of hydrogen-bond donors (Lipinski definition) is 0. The van der Waals surface area contributed by atoms with Crippen molar-refractivity contribution in [1.82, 2.24) is 4.90 Å². The molecule has 2 amide bonds. The number of anilines is 1. The highest BCUT2D eigenvalue weighted by Gasteiger charge is 2.33. The Morgan fingerprint density at radius 3 is 2.61 bits per heavy atom. The highest BCUT2D eigenvalue weighted by Crippen LogP contribution is 2.30. The molecule has 2 aromatic rings. The van der Waals surface area contributed by atoms with Gasteiger partial charge in [-0.3, -0.25) is 14.5 Å². The summed E-state index contributed by atoms with van der Waals surface area (Å²) in [4.78, 5) is 33.8. The molecule has 5 nitrogen and oxygen atoms in total. The second-order valence-electron chi connectivity index (χ2n) is 7.52. The molecule has 0 unspecified atom stereocenters. The van der Waals surface area contributed by atoms with Crippen molar-refractivity contribution in [3.63, 3.8) is 0 Å². The molecule has 160 valence electrons. The van der Waals surface area contributed by atoms with Crippen LogP contribution < -0.4 is 4.90 Å². The zero-order chi connectivity index (χ0) is 21.8. The second kappa shape index (κ2) is 9.47. The number of thioether (sulfide) groups is 1. The molecule has 0 spiro atoms. The number of hydrogen-bond acceptors (Lipinski definition) is 4. The number of halogens is 1. The van der Waals surface area contributed by atoms with E-state index in [0.717, 1.165) is 43.6 Å². The summed E-state index contributed by atoms with van der Waals surface area (Å²) in [7, 11) is 0. The van der Waals surface area contributed by atoms with Crippen molar-refractivity contribution in [2.75, 3.05) is 23.7 Å². The molecule has 2 aliphatic heterocycles. The van der Waals surface area contributed by atoms with Gasteiger partial charge in [-0.1, -0.05) is 43.0 Å². The lowest BCUT2D eigenvalue weighted by atomic mass is 10.1. The number of likely N-dealkylation sites (tertiary alicyclic amines) is 1. The normalized spacial score (nSPS) is 17.5. The Labute approximate surface area is 185 Å². The Hall–Kier alpha value is -2.93. The highest BCUT2D eigenvalue weighted by atomic mass is 32.2. The SMILES string of the molecule is CCc1cccc(N2C(=O)/C(=C\c3ccc(F)cc3)N=C2SCC(=O)N2CCCC2)c1. The van der Waals surface area contributed by atoms with Crippen molar-refractivity contribution in [3.8, 4) is 0 Å². The van der Waals surface area contributed by atoms with Gasteiger partial charge in [0, 0.05) is 13.1 Å². The van der Waals surface area contributed by atoms with Crippen LogP contribution in [-0.4, -0.2) is 40.7 Å². The maximum atomic E-state index is 13.2. The van der Waals surface area contributed by atoms with E-state index in [1.54, 1.807) is 23.1 Å². The van der Waals surface area contributed by atoms with E-state index in [2.05, 4.69) is 11.9 Å². The van der Waals surface area contributed by atoms with Gasteiger partial charge in [-0.25, -0.2) is 9.38 Å². The number of aliphatic imine (C=N–C) groups is 1. The van der Waals surface area contributed by atoms with Crippen LogP contribution in [0, 0.1) is 5.82 Å². The van der Waals surface area contributed by atoms with Crippen molar-refractivity contribution in [3.05, 3.63) is 71.2 Å². The molecule has 31 heavy (non-hydrogen) atoms. The number of rotatable bonds is 5. The Morgan fingerprint density at radius 2 is 1.90 bits per heavy atom. The van der Waals surface area contributed by atoms with Crippen molar-refractivity contribution in [1.29, 1.82) is 0 Å². The summed E-state index contributed by atoms with van der Waals surface area (Å²) >= 11 is 1.28. The molecule has 0 N–H and O–H groups in total. The third-order valence-electron chi connectivity index (χ3n) is 5.36. The summed E-state index contributed by atoms with van der Waals surface area (Å²) in [5.41, 5.74) is 2.80. The Bertz CT molecular complexity index is 1040. The van der Waals surface area contributed by atoms with Gasteiger partial charge >= 0.3 is 0 Å². The van der Waals surface area contributed by atoms with E-state index in [0.29, 0.717) is 10.7 Å². The van der Waals surface area contributed by atoms with Gasteiger partial charge < -0.3 is 4.90 Å². The van der Waals surface area contributed by atoms with E-state index < -0.39 is 0 Å². The van der Waals surface area contributed by atoms with Crippen molar-refractivity contribution < 1.29 is 14.0 Å². The highest BCUT2D eigenvalue weighted by molar-refractivity contribution is 8.14. The monoisotopic (exact) mass is 437 g/mol. The molecule has 0 aliphatic carbocycles. The first kappa shape index (κ1) is 21.3. The smallest absolute Gasteiger partial charge is 0.283 e. The molecule has 0 atom stereocenters. The third kappa shape index (κ3) is 4.88. The number of nitrogens with zero attached hydrogens (tertiary/aromatic N) is 3. The van der Waals surface area contributed by atoms with E-state index >= 15 is 0 Å². The van der Waals surface area contributed by atoms with Crippen LogP contribution in [0.4, 0.5) is 10.1 Å². The lowest BCUT2D eigenvalue weighted by Gasteiger charge is -2.20. The predicted molar refractivity (Wildman–Crippen MR) is 123 cm³/mol. The zero-order valence-corrected chi connectivity index (χ0v) is 18.2. The van der Waals surface area contributed by atoms with E-state index in [-0.39, 0.29) is 29.1 Å². The Balaban J connectivity index is 1.62. The summed E-state index contributed by atoms with van der Waals surface area (Å²) in [6.07, 6.45) is 4.57. The summed E-state index contributed by atoms with van der Waals surface area (Å²) in [5.74, 6) is -0.289. The van der Waals surface area contributed by atoms with Crippen molar-refractivity contribution >= 4 is 40.5 Å². The van der Waals surface area contributed by atoms with Crippen LogP contribution in [0.25, 0.3) is 6.08 Å². The van der Waals surface area contributed by atoms with Gasteiger partial charge in [-0.2, -0.15) is 0 Å². The molecule has 0 radical (unpaired) electrons. The van der Waals surface area contributed by atoms with Gasteiger partial charge in [0.05, 0.1) is 11.4 Å². The first-order valence-corrected chi connectivity index (χ1v) is 11.4. The van der Waals surface area contributed by atoms with Crippen LogP contribution in [-0.2, 0) is 16.0 Å². The number of carbonyl (C=O) groups excluding carboxylic acids is 2. The maximum Gasteiger partial charge on any atom is 0.283 e. The minimum absolute atomic E-state index is 0.0656. The van der Waals surface area contributed by atoms with Crippen molar-refractivity contribution in [2.24, 2.45) is 4.99 Å². The molecule has 1 saturated heterocycles. The minimum atomic E-state index is -0.335. The van der Waals surface area contributed by atoms with Crippen LogP contribution in [0.3, 0.4) is 0 Å². The average molecular weight is 438 g/mol. The standard InChI is InChI=1S/C24H24FN3O2S/c1-2-17-6-5-7-20(14-17)28-23(30)21(15-18-8-10-19(25)11-9-18)26-24(28)31-16-22(29)27-12-3-4-13-27/h5-11,14-15H,2-4,12-13,16H2,1H3/b21-15+. The molecule has 1 fully saturated rings. The van der Waals surface area contributed by atoms with Gasteiger partial charge in [0.25, 0.3) is 5.91 Å². The summed E-state index contributed by atoms with van der Waals surface area (Å²) in [6, 6.07) is 13.7. The molecule has 2 aromatic carbocycles. The van der Waals surface area contributed by atoms with Gasteiger partial charge in [0.1, 0.15) is 11.5 Å². The lowest BCUT2D eigenvalue weighted by molar-refractivity contribution is -0.127. The van der Waals surface area contributed by atoms with E-state index in [4.69, 9.17) is 0 Å². The van der Waals surface area contributed by atoms with Crippen LogP contribution in [0.2, 0.25) is 0 Å². The summed E-state index contributed by atoms with van der Waals surface area (Å²) in [5, 5.41) is 0.485. The van der Waals surface area contributed by atoms with Crippen LogP contribution in [0.5, 0.6) is 0 Å². The van der Waals surface area contributed by atoms with Crippen LogP contribution in [0.15, 0.2) is 59.2 Å². The third-order valence-corrected chi connectivity index (χ3v) is 6.29. The number of amides is 2. The van der Waals surface area contributed by atoms with Gasteiger partial charge in [-0.05, 0) is 60.7 Å². The first-order valence-electron chi connectivity index (χ1n) is 10.4. The summed E-state index contributed by atoms with van der Waals surface area (Å²) in [6.45, 7) is 3.65. The largest absolute Gasteiger partial charge is 0.342 e. The fourth-order valence-electron chi connectivity index (χ4n) is 3.64. The molecular formula is C24H24FN3O2S. The summed E-state index contributed by atoms with van der Waals surface area (Å²) < 4.78 is 13.2. The molecule has 0 aromatic heterocycles. The Kier molecular flexibility index (Phi) is 6.51. The minimum Gasteiger partial charge on any atom is -0.342 e. The van der Waals surface area contributed by atoms with Gasteiger partial charge in [0.15, 0.2) is 5.17 Å². The molecule has 0 saturated carbocycles. The van der Waals surface area contributed by atoms with E-state index in [1.807, 2.05) is 29.2 Å². The number of benzene rings is 2. The number of carbonyl (C=O) groups is 2. The van der Waals surface area contributed by atoms with Gasteiger partial charge in [0.2, 0.25) is 5.91 Å². The second-order valence-corrected chi connectivity index (χ2v) is 8.46. The van der Waals surface area contributed by atoms with Crippen LogP contribution in [0.1, 0.15) is 30.9 Å². The quantitative estimate of drug-likeness (QED) is 0.648. The maximum absolute atomic E-state index is 13.2. The topological polar surface area (TPSA) is 53.0 Å². The number of amidine groups is 1. The lowest BCUT2D eigenvalue weighted by Crippen LogP contribution is -2.33. The number of aryl methyl sites for hydroxylation is 1. The molecule has 4 rings (SSSR count). The van der Waals surface area contributed by atoms with E-state index in [9.17, 15) is 14.0 Å². The zero-order valence-electron chi connectivity index (χ0n) is 17.4. The van der Waals surface area contributed by atoms with Gasteiger partial charge in [-0.15, -0.1) is 0 Å².